The van der Waals surface area contributed by atoms with Gasteiger partial charge in [0.25, 0.3) is 0 Å². The van der Waals surface area contributed by atoms with Crippen molar-refractivity contribution in [3.63, 3.8) is 0 Å². The van der Waals surface area contributed by atoms with Crippen LogP contribution in [-0.4, -0.2) is 31.5 Å². The molecule has 0 saturated heterocycles. The number of aliphatic hydroxyl groups excluding tert-OH is 1. The topological polar surface area (TPSA) is 41.5 Å². The van der Waals surface area contributed by atoms with Gasteiger partial charge in [0.15, 0.2) is 0 Å². The van der Waals surface area contributed by atoms with Crippen molar-refractivity contribution >= 4 is 15.9 Å². The molecule has 0 radical (unpaired) electrons. The van der Waals surface area contributed by atoms with Crippen LogP contribution in [0.15, 0.2) is 16.6 Å². The second kappa shape index (κ2) is 7.00. The summed E-state index contributed by atoms with van der Waals surface area (Å²) >= 11 is 2.99. The van der Waals surface area contributed by atoms with Crippen molar-refractivity contribution in [2.45, 2.75) is 12.6 Å². The van der Waals surface area contributed by atoms with Crippen LogP contribution >= 0.6 is 15.9 Å². The van der Waals surface area contributed by atoms with Crippen LogP contribution in [0.3, 0.4) is 0 Å². The van der Waals surface area contributed by atoms with E-state index in [1.165, 1.54) is 19.2 Å². The zero-order valence-corrected chi connectivity index (χ0v) is 10.9. The SMILES string of the molecule is COCC(O)CNCc1c(F)ccc(Br)c1F. The molecule has 0 heterocycles. The van der Waals surface area contributed by atoms with E-state index >= 15 is 0 Å². The van der Waals surface area contributed by atoms with Crippen molar-refractivity contribution in [1.29, 1.82) is 0 Å². The predicted molar refractivity (Wildman–Crippen MR) is 63.6 cm³/mol. The highest BCUT2D eigenvalue weighted by atomic mass is 79.9. The summed E-state index contributed by atoms with van der Waals surface area (Å²) in [6, 6.07) is 2.50. The second-order valence-electron chi connectivity index (χ2n) is 3.56. The molecule has 0 aliphatic heterocycles. The summed E-state index contributed by atoms with van der Waals surface area (Å²) in [5, 5.41) is 12.1. The van der Waals surface area contributed by atoms with Crippen LogP contribution in [0.5, 0.6) is 0 Å². The summed E-state index contributed by atoms with van der Waals surface area (Å²) < 4.78 is 31.8. The summed E-state index contributed by atoms with van der Waals surface area (Å²) in [6.07, 6.45) is -0.696. The molecule has 1 unspecified atom stereocenters. The lowest BCUT2D eigenvalue weighted by Crippen LogP contribution is -2.30. The molecule has 0 bridgehead atoms. The van der Waals surface area contributed by atoms with E-state index in [-0.39, 0.29) is 29.7 Å². The maximum absolute atomic E-state index is 13.5. The third-order valence-corrected chi connectivity index (χ3v) is 2.79. The largest absolute Gasteiger partial charge is 0.389 e. The Kier molecular flexibility index (Phi) is 5.97. The van der Waals surface area contributed by atoms with Crippen molar-refractivity contribution in [3.8, 4) is 0 Å². The Morgan fingerprint density at radius 1 is 1.47 bits per heavy atom. The standard InChI is InChI=1S/C11H14BrF2NO2/c1-17-6-7(16)4-15-5-8-10(13)3-2-9(12)11(8)14/h2-3,7,15-16H,4-6H2,1H3. The number of hydrogen-bond donors (Lipinski definition) is 2. The minimum atomic E-state index is -0.696. The Morgan fingerprint density at radius 3 is 2.82 bits per heavy atom. The summed E-state index contributed by atoms with van der Waals surface area (Å²) in [5.41, 5.74) is -0.0519. The van der Waals surface area contributed by atoms with Gasteiger partial charge < -0.3 is 15.2 Å². The van der Waals surface area contributed by atoms with Crippen LogP contribution in [-0.2, 0) is 11.3 Å². The molecule has 3 nitrogen and oxygen atoms in total. The lowest BCUT2D eigenvalue weighted by Gasteiger charge is -2.12. The highest BCUT2D eigenvalue weighted by molar-refractivity contribution is 9.10. The first-order valence-corrected chi connectivity index (χ1v) is 5.85. The first-order valence-electron chi connectivity index (χ1n) is 5.06. The molecule has 0 spiro atoms. The van der Waals surface area contributed by atoms with Gasteiger partial charge in [-0.15, -0.1) is 0 Å². The van der Waals surface area contributed by atoms with E-state index in [2.05, 4.69) is 21.2 Å². The Morgan fingerprint density at radius 2 is 2.18 bits per heavy atom. The molecule has 2 N–H and O–H groups in total. The van der Waals surface area contributed by atoms with Gasteiger partial charge in [-0.3, -0.25) is 0 Å². The smallest absolute Gasteiger partial charge is 0.144 e. The highest BCUT2D eigenvalue weighted by Gasteiger charge is 2.12. The number of hydrogen-bond acceptors (Lipinski definition) is 3. The molecule has 17 heavy (non-hydrogen) atoms. The fourth-order valence-electron chi connectivity index (χ4n) is 1.35. The van der Waals surface area contributed by atoms with Crippen molar-refractivity contribution in [1.82, 2.24) is 5.32 Å². The predicted octanol–water partition coefficient (Wildman–Crippen LogP) is 1.82. The van der Waals surface area contributed by atoms with Gasteiger partial charge in [0, 0.05) is 25.8 Å². The van der Waals surface area contributed by atoms with E-state index in [1.807, 2.05) is 0 Å². The number of ether oxygens (including phenoxy) is 1. The summed E-state index contributed by atoms with van der Waals surface area (Å²) in [7, 11) is 1.47. The van der Waals surface area contributed by atoms with Crippen LogP contribution in [0.25, 0.3) is 0 Å². The molecular formula is C11H14BrF2NO2. The number of nitrogens with one attached hydrogen (secondary N) is 1. The molecule has 0 aliphatic rings. The quantitative estimate of drug-likeness (QED) is 0.788. The normalized spacial score (nSPS) is 12.8. The Bertz CT molecular complexity index is 377. The van der Waals surface area contributed by atoms with E-state index in [9.17, 15) is 13.9 Å². The summed E-state index contributed by atoms with van der Waals surface area (Å²) in [6.45, 7) is 0.396. The van der Waals surface area contributed by atoms with E-state index in [0.29, 0.717) is 0 Å². The molecule has 0 fully saturated rings. The third-order valence-electron chi connectivity index (χ3n) is 2.18. The van der Waals surface area contributed by atoms with Gasteiger partial charge in [-0.1, -0.05) is 0 Å². The molecule has 0 amide bonds. The fourth-order valence-corrected chi connectivity index (χ4v) is 1.72. The maximum Gasteiger partial charge on any atom is 0.144 e. The molecule has 0 aliphatic carbocycles. The van der Waals surface area contributed by atoms with Crippen LogP contribution in [0.2, 0.25) is 0 Å². The third kappa shape index (κ3) is 4.31. The van der Waals surface area contributed by atoms with Crippen LogP contribution in [0.4, 0.5) is 8.78 Å². The molecule has 6 heteroatoms. The molecule has 1 rings (SSSR count). The zero-order chi connectivity index (χ0) is 12.8. The first kappa shape index (κ1) is 14.5. The molecule has 1 atom stereocenters. The van der Waals surface area contributed by atoms with Gasteiger partial charge in [0.05, 0.1) is 17.2 Å². The minimum absolute atomic E-state index is 0.0118. The van der Waals surface area contributed by atoms with Gasteiger partial charge in [-0.2, -0.15) is 0 Å². The number of rotatable bonds is 6. The van der Waals surface area contributed by atoms with Gasteiger partial charge in [-0.25, -0.2) is 8.78 Å². The minimum Gasteiger partial charge on any atom is -0.389 e. The first-order chi connectivity index (χ1) is 8.06. The maximum atomic E-state index is 13.5. The summed E-state index contributed by atoms with van der Waals surface area (Å²) in [4.78, 5) is 0. The van der Waals surface area contributed by atoms with Crippen LogP contribution in [0.1, 0.15) is 5.56 Å². The monoisotopic (exact) mass is 309 g/mol. The fraction of sp³-hybridized carbons (Fsp3) is 0.455. The van der Waals surface area contributed by atoms with Gasteiger partial charge in [0.2, 0.25) is 0 Å². The molecule has 96 valence electrons. The average molecular weight is 310 g/mol. The lowest BCUT2D eigenvalue weighted by molar-refractivity contribution is 0.0643. The zero-order valence-electron chi connectivity index (χ0n) is 9.34. The van der Waals surface area contributed by atoms with Gasteiger partial charge in [0.1, 0.15) is 11.6 Å². The van der Waals surface area contributed by atoms with E-state index in [4.69, 9.17) is 4.74 Å². The van der Waals surface area contributed by atoms with Crippen LogP contribution in [0, 0.1) is 11.6 Å². The Hall–Kier alpha value is -0.560. The average Bonchev–Trinajstić information content (AvgIpc) is 2.29. The Labute approximate surface area is 107 Å². The molecular weight excluding hydrogens is 296 g/mol. The van der Waals surface area contributed by atoms with Crippen molar-refractivity contribution < 1.29 is 18.6 Å². The molecule has 0 saturated carbocycles. The van der Waals surface area contributed by atoms with Crippen molar-refractivity contribution in [2.24, 2.45) is 0 Å². The van der Waals surface area contributed by atoms with E-state index < -0.39 is 17.7 Å². The Balaban J connectivity index is 2.55. The second-order valence-corrected chi connectivity index (χ2v) is 4.42. The molecule has 1 aromatic rings. The molecule has 1 aromatic carbocycles. The number of benzene rings is 1. The number of aliphatic hydroxyl groups is 1. The van der Waals surface area contributed by atoms with Gasteiger partial charge in [-0.05, 0) is 28.1 Å². The highest BCUT2D eigenvalue weighted by Crippen LogP contribution is 2.21. The van der Waals surface area contributed by atoms with Gasteiger partial charge >= 0.3 is 0 Å². The van der Waals surface area contributed by atoms with E-state index in [1.54, 1.807) is 0 Å². The molecule has 0 aromatic heterocycles. The van der Waals surface area contributed by atoms with E-state index in [0.717, 1.165) is 0 Å². The summed E-state index contributed by atoms with van der Waals surface area (Å²) in [5.74, 6) is -1.24. The number of halogens is 3. The van der Waals surface area contributed by atoms with Crippen molar-refractivity contribution in [3.05, 3.63) is 33.8 Å². The van der Waals surface area contributed by atoms with Crippen molar-refractivity contribution in [2.75, 3.05) is 20.3 Å². The van der Waals surface area contributed by atoms with Crippen LogP contribution < -0.4 is 5.32 Å². The number of methoxy groups -OCH3 is 1. The lowest BCUT2D eigenvalue weighted by atomic mass is 10.2.